The van der Waals surface area contributed by atoms with E-state index >= 15 is 0 Å². The first-order valence-corrected chi connectivity index (χ1v) is 15.4. The Labute approximate surface area is 201 Å². The molecule has 0 bridgehead atoms. The minimum Gasteiger partial charge on any atom is -0.491 e. The number of aromatic nitrogens is 3. The zero-order valence-electron chi connectivity index (χ0n) is 20.7. The van der Waals surface area contributed by atoms with Crippen LogP contribution in [0.2, 0.25) is 25.7 Å². The van der Waals surface area contributed by atoms with E-state index in [1.165, 1.54) is 13.8 Å². The van der Waals surface area contributed by atoms with Crippen molar-refractivity contribution in [2.45, 2.75) is 64.0 Å². The predicted molar refractivity (Wildman–Crippen MR) is 135 cm³/mol. The quantitative estimate of drug-likeness (QED) is 0.339. The Balaban J connectivity index is 1.67. The number of alkyl halides is 1. The van der Waals surface area contributed by atoms with Gasteiger partial charge in [-0.25, -0.2) is 14.4 Å². The van der Waals surface area contributed by atoms with E-state index in [1.807, 2.05) is 41.1 Å². The van der Waals surface area contributed by atoms with Gasteiger partial charge in [-0.2, -0.15) is 0 Å². The largest absolute Gasteiger partial charge is 0.491 e. The number of nitrogens with two attached hydrogens (primary N) is 1. The smallest absolute Gasteiger partial charge is 0.147 e. The summed E-state index contributed by atoms with van der Waals surface area (Å²) in [6.45, 7) is 11.3. The molecule has 0 amide bonds. The van der Waals surface area contributed by atoms with Crippen LogP contribution in [0.1, 0.15) is 31.2 Å². The minimum atomic E-state index is -1.46. The third-order valence-corrected chi connectivity index (χ3v) is 7.54. The zero-order valence-corrected chi connectivity index (χ0v) is 21.7. The SMILES string of the molecule is CC(C)(F)CO[C@H]1COc2ccccc2[C@H]1c1nc(N)c2ccn(COCC[Si](C)(C)C)c2n1. The molecule has 34 heavy (non-hydrogen) atoms. The Morgan fingerprint density at radius 1 is 1.21 bits per heavy atom. The molecule has 0 aliphatic carbocycles. The highest BCUT2D eigenvalue weighted by Gasteiger charge is 2.37. The molecule has 0 spiro atoms. The van der Waals surface area contributed by atoms with E-state index in [9.17, 15) is 4.39 Å². The molecular formula is C25H35FN4O3Si. The van der Waals surface area contributed by atoms with Crippen molar-refractivity contribution in [3.05, 3.63) is 47.9 Å². The number of ether oxygens (including phenoxy) is 3. The monoisotopic (exact) mass is 486 g/mol. The van der Waals surface area contributed by atoms with Gasteiger partial charge in [0.2, 0.25) is 0 Å². The first kappa shape index (κ1) is 24.6. The summed E-state index contributed by atoms with van der Waals surface area (Å²) in [7, 11) is -1.17. The average molecular weight is 487 g/mol. The summed E-state index contributed by atoms with van der Waals surface area (Å²) in [6, 6.07) is 10.7. The van der Waals surface area contributed by atoms with Gasteiger partial charge < -0.3 is 24.5 Å². The molecule has 7 nitrogen and oxygen atoms in total. The zero-order chi connectivity index (χ0) is 24.5. The van der Waals surface area contributed by atoms with E-state index in [1.54, 1.807) is 0 Å². The summed E-state index contributed by atoms with van der Waals surface area (Å²) in [5.74, 6) is 1.34. The molecule has 184 valence electrons. The van der Waals surface area contributed by atoms with E-state index in [4.69, 9.17) is 24.9 Å². The average Bonchev–Trinajstić information content (AvgIpc) is 3.17. The number of benzene rings is 1. The normalized spacial score (nSPS) is 18.6. The first-order chi connectivity index (χ1) is 16.0. The van der Waals surface area contributed by atoms with Crippen LogP contribution in [-0.2, 0) is 16.2 Å². The van der Waals surface area contributed by atoms with Crippen molar-refractivity contribution in [2.75, 3.05) is 25.6 Å². The van der Waals surface area contributed by atoms with Crippen molar-refractivity contribution in [3.63, 3.8) is 0 Å². The van der Waals surface area contributed by atoms with Crippen molar-refractivity contribution in [3.8, 4) is 5.75 Å². The van der Waals surface area contributed by atoms with Gasteiger partial charge in [-0.15, -0.1) is 0 Å². The van der Waals surface area contributed by atoms with Gasteiger partial charge >= 0.3 is 0 Å². The van der Waals surface area contributed by atoms with Crippen LogP contribution >= 0.6 is 0 Å². The molecule has 1 aromatic carbocycles. The molecule has 2 aromatic heterocycles. The van der Waals surface area contributed by atoms with Crippen LogP contribution < -0.4 is 10.5 Å². The lowest BCUT2D eigenvalue weighted by Crippen LogP contribution is -2.38. The third kappa shape index (κ3) is 5.76. The highest BCUT2D eigenvalue weighted by atomic mass is 28.3. The molecule has 1 aliphatic heterocycles. The molecule has 0 saturated heterocycles. The second kappa shape index (κ2) is 9.63. The number of hydrogen-bond donors (Lipinski definition) is 1. The first-order valence-electron chi connectivity index (χ1n) is 11.7. The standard InChI is InChI=1S/C25H35FN4O3Si/c1-25(2,26)15-33-20-14-32-19-9-7-6-8-17(19)21(20)23-28-22(27)18-10-11-30(24(18)29-23)16-31-12-13-34(3,4)5/h6-11,20-21H,12-16H2,1-5H3,(H2,27,28,29)/t20-,21+/m0/s1. The summed E-state index contributed by atoms with van der Waals surface area (Å²) in [6.07, 6.45) is 1.48. The lowest BCUT2D eigenvalue weighted by atomic mass is 9.89. The van der Waals surface area contributed by atoms with E-state index in [-0.39, 0.29) is 19.1 Å². The van der Waals surface area contributed by atoms with Crippen LogP contribution in [0.25, 0.3) is 11.0 Å². The number of fused-ring (bicyclic) bond motifs is 2. The maximum atomic E-state index is 14.2. The van der Waals surface area contributed by atoms with E-state index in [2.05, 4.69) is 24.6 Å². The van der Waals surface area contributed by atoms with Crippen molar-refractivity contribution in [1.29, 1.82) is 0 Å². The summed E-state index contributed by atoms with van der Waals surface area (Å²) < 4.78 is 34.1. The molecule has 3 heterocycles. The number of hydrogen-bond acceptors (Lipinski definition) is 6. The van der Waals surface area contributed by atoms with Crippen molar-refractivity contribution < 1.29 is 18.6 Å². The van der Waals surface area contributed by atoms with Crippen LogP contribution in [0.3, 0.4) is 0 Å². The Bertz CT molecular complexity index is 1140. The molecule has 0 saturated carbocycles. The van der Waals surface area contributed by atoms with Crippen molar-refractivity contribution in [1.82, 2.24) is 14.5 Å². The van der Waals surface area contributed by atoms with Gasteiger partial charge in [-0.1, -0.05) is 37.8 Å². The topological polar surface area (TPSA) is 84.4 Å². The van der Waals surface area contributed by atoms with Gasteiger partial charge in [0.25, 0.3) is 0 Å². The molecule has 4 rings (SSSR count). The minimum absolute atomic E-state index is 0.0568. The molecular weight excluding hydrogens is 451 g/mol. The van der Waals surface area contributed by atoms with Crippen molar-refractivity contribution >= 4 is 24.9 Å². The van der Waals surface area contributed by atoms with Crippen LogP contribution in [0.4, 0.5) is 10.2 Å². The fraction of sp³-hybridized carbons (Fsp3) is 0.520. The number of halogens is 1. The third-order valence-electron chi connectivity index (χ3n) is 5.84. The number of para-hydroxylation sites is 1. The molecule has 0 radical (unpaired) electrons. The second-order valence-corrected chi connectivity index (χ2v) is 16.4. The van der Waals surface area contributed by atoms with Gasteiger partial charge in [-0.05, 0) is 32.0 Å². The highest BCUT2D eigenvalue weighted by Crippen LogP contribution is 2.39. The van der Waals surface area contributed by atoms with E-state index in [0.29, 0.717) is 30.6 Å². The fourth-order valence-corrected chi connectivity index (χ4v) is 4.74. The Kier molecular flexibility index (Phi) is 6.98. The van der Waals surface area contributed by atoms with Gasteiger partial charge in [0, 0.05) is 26.4 Å². The number of anilines is 1. The van der Waals surface area contributed by atoms with Crippen molar-refractivity contribution in [2.24, 2.45) is 0 Å². The molecule has 3 aromatic rings. The van der Waals surface area contributed by atoms with E-state index in [0.717, 1.165) is 22.7 Å². The molecule has 1 aliphatic rings. The maximum absolute atomic E-state index is 14.2. The fourth-order valence-electron chi connectivity index (χ4n) is 3.98. The molecule has 2 N–H and O–H groups in total. The summed E-state index contributed by atoms with van der Waals surface area (Å²) in [4.78, 5) is 9.56. The highest BCUT2D eigenvalue weighted by molar-refractivity contribution is 6.76. The van der Waals surface area contributed by atoms with Gasteiger partial charge in [0.15, 0.2) is 0 Å². The maximum Gasteiger partial charge on any atom is 0.147 e. The van der Waals surface area contributed by atoms with Gasteiger partial charge in [-0.3, -0.25) is 0 Å². The Morgan fingerprint density at radius 2 is 1.97 bits per heavy atom. The molecule has 2 atom stereocenters. The lowest BCUT2D eigenvalue weighted by molar-refractivity contribution is -0.0450. The molecule has 9 heteroatoms. The van der Waals surface area contributed by atoms with Gasteiger partial charge in [0.1, 0.15) is 48.1 Å². The summed E-state index contributed by atoms with van der Waals surface area (Å²) >= 11 is 0. The number of nitrogen functional groups attached to an aromatic ring is 1. The van der Waals surface area contributed by atoms with Gasteiger partial charge in [0.05, 0.1) is 17.9 Å². The van der Waals surface area contributed by atoms with Crippen LogP contribution in [0, 0.1) is 0 Å². The predicted octanol–water partition coefficient (Wildman–Crippen LogP) is 4.98. The molecule has 0 fully saturated rings. The van der Waals surface area contributed by atoms with E-state index < -0.39 is 19.8 Å². The lowest BCUT2D eigenvalue weighted by Gasteiger charge is -2.33. The second-order valence-electron chi connectivity index (χ2n) is 10.7. The number of nitrogens with zero attached hydrogens (tertiary/aromatic N) is 3. The Hall–Kier alpha value is -2.49. The molecule has 0 unspecified atom stereocenters. The van der Waals surface area contributed by atoms with Crippen LogP contribution in [0.15, 0.2) is 36.5 Å². The Morgan fingerprint density at radius 3 is 2.71 bits per heavy atom. The number of rotatable bonds is 9. The van der Waals surface area contributed by atoms with Crippen LogP contribution in [-0.4, -0.2) is 54.2 Å². The summed E-state index contributed by atoms with van der Waals surface area (Å²) in [5.41, 5.74) is 6.51. The summed E-state index contributed by atoms with van der Waals surface area (Å²) in [5, 5.41) is 0.778. The van der Waals surface area contributed by atoms with Crippen LogP contribution in [0.5, 0.6) is 5.75 Å².